The number of carbonyl (C=O) groups is 2. The molecule has 2 aromatic carbocycles. The second-order valence-corrected chi connectivity index (χ2v) is 6.03. The number of carbonyl (C=O) groups excluding carboxylic acids is 2. The molecule has 1 amide bonds. The Morgan fingerprint density at radius 2 is 1.60 bits per heavy atom. The molecule has 0 spiro atoms. The van der Waals surface area contributed by atoms with Gasteiger partial charge in [0.25, 0.3) is 5.91 Å². The van der Waals surface area contributed by atoms with Crippen LogP contribution in [0, 0.1) is 0 Å². The minimum Gasteiger partial charge on any atom is -0.497 e. The summed E-state index contributed by atoms with van der Waals surface area (Å²) in [6.45, 7) is -0.366. The van der Waals surface area contributed by atoms with Crippen LogP contribution in [0.15, 0.2) is 46.9 Å². The van der Waals surface area contributed by atoms with Crippen molar-refractivity contribution >= 4 is 33.5 Å². The average molecular weight is 408 g/mol. The summed E-state index contributed by atoms with van der Waals surface area (Å²) >= 11 is 3.33. The van der Waals surface area contributed by atoms with Gasteiger partial charge in [-0.3, -0.25) is 9.59 Å². The number of anilines is 1. The molecule has 0 radical (unpaired) electrons. The number of hydrogen-bond donors (Lipinski definition) is 1. The fourth-order valence-corrected chi connectivity index (χ4v) is 2.31. The largest absolute Gasteiger partial charge is 0.497 e. The standard InChI is InChI=1S/C18H18BrNO5/c1-23-15-8-14(9-16(10-15)24-2)20-17(21)11-25-18(22)7-12-3-5-13(19)6-4-12/h3-6,8-10H,7,11H2,1-2H3,(H,20,21). The third-order valence-electron chi connectivity index (χ3n) is 3.26. The van der Waals surface area contributed by atoms with E-state index in [0.29, 0.717) is 17.2 Å². The fraction of sp³-hybridized carbons (Fsp3) is 0.222. The van der Waals surface area contributed by atoms with Crippen molar-refractivity contribution in [2.24, 2.45) is 0 Å². The number of halogens is 1. The quantitative estimate of drug-likeness (QED) is 0.713. The van der Waals surface area contributed by atoms with Crippen LogP contribution in [0.2, 0.25) is 0 Å². The van der Waals surface area contributed by atoms with E-state index in [-0.39, 0.29) is 13.0 Å². The summed E-state index contributed by atoms with van der Waals surface area (Å²) in [7, 11) is 3.04. The Balaban J connectivity index is 1.85. The van der Waals surface area contributed by atoms with Gasteiger partial charge in [0.1, 0.15) is 11.5 Å². The Bertz CT molecular complexity index is 723. The van der Waals surface area contributed by atoms with E-state index >= 15 is 0 Å². The Hall–Kier alpha value is -2.54. The molecular weight excluding hydrogens is 390 g/mol. The lowest BCUT2D eigenvalue weighted by atomic mass is 10.2. The molecule has 7 heteroatoms. The first kappa shape index (κ1) is 18.8. The third-order valence-corrected chi connectivity index (χ3v) is 3.79. The second-order valence-electron chi connectivity index (χ2n) is 5.11. The zero-order valence-corrected chi connectivity index (χ0v) is 15.5. The van der Waals surface area contributed by atoms with Gasteiger partial charge in [0.15, 0.2) is 6.61 Å². The molecule has 1 N–H and O–H groups in total. The van der Waals surface area contributed by atoms with Crippen LogP contribution in [-0.4, -0.2) is 32.7 Å². The van der Waals surface area contributed by atoms with E-state index in [4.69, 9.17) is 14.2 Å². The third kappa shape index (κ3) is 6.11. The summed E-state index contributed by atoms with van der Waals surface area (Å²) in [4.78, 5) is 23.7. The molecule has 0 heterocycles. The first-order valence-corrected chi connectivity index (χ1v) is 8.22. The topological polar surface area (TPSA) is 73.9 Å². The Morgan fingerprint density at radius 3 is 2.16 bits per heavy atom. The minimum absolute atomic E-state index is 0.105. The minimum atomic E-state index is -0.472. The van der Waals surface area contributed by atoms with Gasteiger partial charge in [0.05, 0.1) is 20.6 Å². The lowest BCUT2D eigenvalue weighted by Gasteiger charge is -2.10. The number of nitrogens with one attached hydrogen (secondary N) is 1. The summed E-state index contributed by atoms with van der Waals surface area (Å²) < 4.78 is 16.2. The van der Waals surface area contributed by atoms with Gasteiger partial charge in [0.2, 0.25) is 0 Å². The van der Waals surface area contributed by atoms with Crippen molar-refractivity contribution in [2.75, 3.05) is 26.1 Å². The normalized spacial score (nSPS) is 10.0. The highest BCUT2D eigenvalue weighted by Crippen LogP contribution is 2.25. The molecule has 0 bridgehead atoms. The molecule has 0 aromatic heterocycles. The van der Waals surface area contributed by atoms with Gasteiger partial charge < -0.3 is 19.5 Å². The van der Waals surface area contributed by atoms with Crippen molar-refractivity contribution < 1.29 is 23.8 Å². The number of esters is 1. The first-order valence-electron chi connectivity index (χ1n) is 7.43. The second kappa shape index (κ2) is 9.08. The van der Waals surface area contributed by atoms with Gasteiger partial charge in [0, 0.05) is 28.4 Å². The number of hydrogen-bond acceptors (Lipinski definition) is 5. The molecular formula is C18H18BrNO5. The Morgan fingerprint density at radius 1 is 1.00 bits per heavy atom. The molecule has 0 aliphatic carbocycles. The van der Waals surface area contributed by atoms with E-state index in [9.17, 15) is 9.59 Å². The molecule has 0 saturated heterocycles. The van der Waals surface area contributed by atoms with E-state index < -0.39 is 11.9 Å². The van der Waals surface area contributed by atoms with Gasteiger partial charge in [-0.05, 0) is 17.7 Å². The molecule has 0 fully saturated rings. The summed E-state index contributed by atoms with van der Waals surface area (Å²) in [5, 5.41) is 2.64. The van der Waals surface area contributed by atoms with Gasteiger partial charge >= 0.3 is 5.97 Å². The number of methoxy groups -OCH3 is 2. The van der Waals surface area contributed by atoms with Crippen LogP contribution in [0.4, 0.5) is 5.69 Å². The molecule has 25 heavy (non-hydrogen) atoms. The van der Waals surface area contributed by atoms with Gasteiger partial charge in [-0.1, -0.05) is 28.1 Å². The molecule has 0 atom stereocenters. The highest BCUT2D eigenvalue weighted by Gasteiger charge is 2.10. The predicted molar refractivity (Wildman–Crippen MR) is 97.0 cm³/mol. The monoisotopic (exact) mass is 407 g/mol. The van der Waals surface area contributed by atoms with Crippen LogP contribution < -0.4 is 14.8 Å². The number of ether oxygens (including phenoxy) is 3. The van der Waals surface area contributed by atoms with Crippen LogP contribution in [0.5, 0.6) is 11.5 Å². The summed E-state index contributed by atoms with van der Waals surface area (Å²) in [5.41, 5.74) is 1.30. The van der Waals surface area contributed by atoms with Crippen LogP contribution in [0.1, 0.15) is 5.56 Å². The molecule has 0 aliphatic heterocycles. The van der Waals surface area contributed by atoms with Crippen LogP contribution in [0.25, 0.3) is 0 Å². The molecule has 6 nitrogen and oxygen atoms in total. The Labute approximate surface area is 154 Å². The van der Waals surface area contributed by atoms with Crippen LogP contribution in [-0.2, 0) is 20.7 Å². The summed E-state index contributed by atoms with van der Waals surface area (Å²) in [6.07, 6.45) is 0.105. The highest BCUT2D eigenvalue weighted by molar-refractivity contribution is 9.10. The van der Waals surface area contributed by atoms with E-state index in [1.807, 2.05) is 24.3 Å². The highest BCUT2D eigenvalue weighted by atomic mass is 79.9. The van der Waals surface area contributed by atoms with Crippen molar-refractivity contribution in [1.29, 1.82) is 0 Å². The van der Waals surface area contributed by atoms with Crippen LogP contribution >= 0.6 is 15.9 Å². The maximum atomic E-state index is 11.9. The molecule has 0 unspecified atom stereocenters. The fourth-order valence-electron chi connectivity index (χ4n) is 2.04. The Kier molecular flexibility index (Phi) is 6.82. The predicted octanol–water partition coefficient (Wildman–Crippen LogP) is 3.19. The number of amides is 1. The first-order chi connectivity index (χ1) is 12.0. The lowest BCUT2D eigenvalue weighted by Crippen LogP contribution is -2.21. The van der Waals surface area contributed by atoms with Crippen molar-refractivity contribution in [3.05, 3.63) is 52.5 Å². The maximum absolute atomic E-state index is 11.9. The van der Waals surface area contributed by atoms with Crippen LogP contribution in [0.3, 0.4) is 0 Å². The molecule has 0 saturated carbocycles. The van der Waals surface area contributed by atoms with Crippen molar-refractivity contribution in [3.63, 3.8) is 0 Å². The van der Waals surface area contributed by atoms with Gasteiger partial charge in [-0.2, -0.15) is 0 Å². The van der Waals surface area contributed by atoms with Gasteiger partial charge in [-0.15, -0.1) is 0 Å². The number of rotatable bonds is 7. The zero-order valence-electron chi connectivity index (χ0n) is 13.9. The zero-order chi connectivity index (χ0) is 18.2. The molecule has 132 valence electrons. The van der Waals surface area contributed by atoms with Crippen molar-refractivity contribution in [3.8, 4) is 11.5 Å². The smallest absolute Gasteiger partial charge is 0.310 e. The molecule has 2 aromatic rings. The molecule has 0 aliphatic rings. The maximum Gasteiger partial charge on any atom is 0.310 e. The molecule has 2 rings (SSSR count). The summed E-state index contributed by atoms with van der Waals surface area (Å²) in [5.74, 6) is 0.170. The SMILES string of the molecule is COc1cc(NC(=O)COC(=O)Cc2ccc(Br)cc2)cc(OC)c1. The number of benzene rings is 2. The van der Waals surface area contributed by atoms with Crippen molar-refractivity contribution in [2.45, 2.75) is 6.42 Å². The summed E-state index contributed by atoms with van der Waals surface area (Å²) in [6, 6.07) is 12.3. The van der Waals surface area contributed by atoms with Gasteiger partial charge in [-0.25, -0.2) is 0 Å². The lowest BCUT2D eigenvalue weighted by molar-refractivity contribution is -0.146. The van der Waals surface area contributed by atoms with Crippen molar-refractivity contribution in [1.82, 2.24) is 0 Å². The van der Waals surface area contributed by atoms with E-state index in [0.717, 1.165) is 10.0 Å². The van der Waals surface area contributed by atoms with E-state index in [1.54, 1.807) is 18.2 Å². The van der Waals surface area contributed by atoms with E-state index in [1.165, 1.54) is 14.2 Å². The van der Waals surface area contributed by atoms with E-state index in [2.05, 4.69) is 21.2 Å². The average Bonchev–Trinajstić information content (AvgIpc) is 2.61.